The Kier molecular flexibility index (Phi) is 2.69. The van der Waals surface area contributed by atoms with Gasteiger partial charge in [-0.15, -0.1) is 11.3 Å². The van der Waals surface area contributed by atoms with Crippen LogP contribution in [0.2, 0.25) is 5.02 Å². The molecule has 5 heteroatoms. The second kappa shape index (κ2) is 4.23. The van der Waals surface area contributed by atoms with E-state index in [0.717, 1.165) is 26.5 Å². The van der Waals surface area contributed by atoms with Gasteiger partial charge in [0.2, 0.25) is 0 Å². The maximum absolute atomic E-state index is 11.6. The Balaban J connectivity index is 2.22. The third-order valence-corrected chi connectivity index (χ3v) is 4.35. The highest BCUT2D eigenvalue weighted by atomic mass is 35.5. The number of benzene rings is 1. The molecule has 0 aliphatic heterocycles. The summed E-state index contributed by atoms with van der Waals surface area (Å²) in [5, 5.41) is 0.729. The van der Waals surface area contributed by atoms with Gasteiger partial charge < -0.3 is 4.98 Å². The van der Waals surface area contributed by atoms with Crippen LogP contribution in [-0.4, -0.2) is 9.97 Å². The van der Waals surface area contributed by atoms with E-state index in [2.05, 4.69) is 9.97 Å². The second-order valence-electron chi connectivity index (χ2n) is 4.02. The van der Waals surface area contributed by atoms with Crippen molar-refractivity contribution in [2.45, 2.75) is 6.92 Å². The van der Waals surface area contributed by atoms with Crippen molar-refractivity contribution in [3.63, 3.8) is 0 Å². The third-order valence-electron chi connectivity index (χ3n) is 2.77. The number of aromatic nitrogens is 2. The number of nitrogens with one attached hydrogen (secondary N) is 1. The Morgan fingerprint density at radius 3 is 2.89 bits per heavy atom. The molecule has 0 fully saturated rings. The number of thiophene rings is 1. The van der Waals surface area contributed by atoms with E-state index in [1.165, 1.54) is 17.7 Å². The normalized spacial score (nSPS) is 11.0. The largest absolute Gasteiger partial charge is 0.312 e. The fourth-order valence-corrected chi connectivity index (χ4v) is 2.94. The van der Waals surface area contributed by atoms with Crippen LogP contribution in [0.5, 0.6) is 0 Å². The molecule has 0 amide bonds. The second-order valence-corrected chi connectivity index (χ2v) is 5.48. The minimum absolute atomic E-state index is 0.102. The predicted octanol–water partition coefficient (Wildman–Crippen LogP) is 3.61. The van der Waals surface area contributed by atoms with Gasteiger partial charge in [0.05, 0.1) is 11.8 Å². The van der Waals surface area contributed by atoms with E-state index in [0.29, 0.717) is 4.70 Å². The zero-order valence-corrected chi connectivity index (χ0v) is 11.1. The molecule has 2 aromatic heterocycles. The molecular weight excluding hydrogens is 268 g/mol. The van der Waals surface area contributed by atoms with Crippen LogP contribution in [0.3, 0.4) is 0 Å². The van der Waals surface area contributed by atoms with Crippen molar-refractivity contribution in [1.82, 2.24) is 9.97 Å². The summed E-state index contributed by atoms with van der Waals surface area (Å²) in [7, 11) is 0. The van der Waals surface area contributed by atoms with Crippen LogP contribution >= 0.6 is 22.9 Å². The first-order chi connectivity index (χ1) is 8.65. The van der Waals surface area contributed by atoms with Gasteiger partial charge >= 0.3 is 0 Å². The molecule has 0 aliphatic rings. The third kappa shape index (κ3) is 1.83. The average molecular weight is 277 g/mol. The summed E-state index contributed by atoms with van der Waals surface area (Å²) in [5.74, 6) is 0. The lowest BCUT2D eigenvalue weighted by Gasteiger charge is -2.00. The van der Waals surface area contributed by atoms with Gasteiger partial charge in [0, 0.05) is 9.90 Å². The molecule has 0 unspecified atom stereocenters. The summed E-state index contributed by atoms with van der Waals surface area (Å²) in [6.45, 7) is 1.96. The van der Waals surface area contributed by atoms with Gasteiger partial charge in [-0.1, -0.05) is 23.7 Å². The first kappa shape index (κ1) is 11.4. The zero-order valence-electron chi connectivity index (χ0n) is 9.53. The monoisotopic (exact) mass is 276 g/mol. The molecule has 0 saturated heterocycles. The minimum atomic E-state index is -0.102. The fourth-order valence-electron chi connectivity index (χ4n) is 1.75. The number of halogens is 1. The lowest BCUT2D eigenvalue weighted by atomic mass is 10.1. The van der Waals surface area contributed by atoms with Crippen molar-refractivity contribution < 1.29 is 0 Å². The fraction of sp³-hybridized carbons (Fsp3) is 0.0769. The van der Waals surface area contributed by atoms with E-state index in [4.69, 9.17) is 11.6 Å². The highest BCUT2D eigenvalue weighted by Gasteiger charge is 2.08. The molecule has 1 N–H and O–H groups in total. The Hall–Kier alpha value is -1.65. The van der Waals surface area contributed by atoms with E-state index >= 15 is 0 Å². The van der Waals surface area contributed by atoms with Crippen LogP contribution in [0.4, 0.5) is 0 Å². The number of hydrogen-bond donors (Lipinski definition) is 1. The smallest absolute Gasteiger partial charge is 0.268 e. The molecule has 1 aromatic carbocycles. The average Bonchev–Trinajstić information content (AvgIpc) is 2.78. The maximum Gasteiger partial charge on any atom is 0.268 e. The number of aromatic amines is 1. The van der Waals surface area contributed by atoms with Gasteiger partial charge in [0.1, 0.15) is 4.70 Å². The summed E-state index contributed by atoms with van der Waals surface area (Å²) in [6, 6.07) is 7.80. The summed E-state index contributed by atoms with van der Waals surface area (Å²) in [5.41, 5.74) is 2.66. The molecule has 0 aliphatic carbocycles. The molecule has 0 radical (unpaired) electrons. The molecular formula is C13H9ClN2OS. The summed E-state index contributed by atoms with van der Waals surface area (Å²) >= 11 is 7.54. The summed E-state index contributed by atoms with van der Waals surface area (Å²) in [4.78, 5) is 19.4. The number of fused-ring (bicyclic) bond motifs is 1. The maximum atomic E-state index is 11.6. The molecule has 0 bridgehead atoms. The van der Waals surface area contributed by atoms with Gasteiger partial charge in [-0.3, -0.25) is 4.79 Å². The van der Waals surface area contributed by atoms with Crippen molar-refractivity contribution >= 4 is 33.2 Å². The van der Waals surface area contributed by atoms with Crippen LogP contribution < -0.4 is 5.56 Å². The van der Waals surface area contributed by atoms with Crippen molar-refractivity contribution in [2.24, 2.45) is 0 Å². The molecule has 3 aromatic rings. The first-order valence-corrected chi connectivity index (χ1v) is 6.58. The standard InChI is InChI=1S/C13H9ClN2OS/c1-7-2-3-8(4-9(7)14)11-5-10-12(18-11)13(17)16-6-15-10/h2-6H,1H3,(H,15,16,17). The van der Waals surface area contributed by atoms with Crippen LogP contribution in [-0.2, 0) is 0 Å². The Labute approximate surface area is 112 Å². The van der Waals surface area contributed by atoms with Gasteiger partial charge in [-0.25, -0.2) is 4.98 Å². The Morgan fingerprint density at radius 1 is 1.33 bits per heavy atom. The number of aryl methyl sites for hydroxylation is 1. The number of H-pyrrole nitrogens is 1. The molecule has 0 spiro atoms. The summed E-state index contributed by atoms with van der Waals surface area (Å²) < 4.78 is 0.643. The van der Waals surface area contributed by atoms with Crippen molar-refractivity contribution in [1.29, 1.82) is 0 Å². The summed E-state index contributed by atoms with van der Waals surface area (Å²) in [6.07, 6.45) is 1.42. The molecule has 2 heterocycles. The van der Waals surface area contributed by atoms with Crippen LogP contribution in [0, 0.1) is 6.92 Å². The van der Waals surface area contributed by atoms with Crippen LogP contribution in [0.25, 0.3) is 20.7 Å². The van der Waals surface area contributed by atoms with Gasteiger partial charge in [0.25, 0.3) is 5.56 Å². The van der Waals surface area contributed by atoms with Crippen LogP contribution in [0.15, 0.2) is 35.4 Å². The topological polar surface area (TPSA) is 45.8 Å². The van der Waals surface area contributed by atoms with E-state index in [9.17, 15) is 4.79 Å². The lowest BCUT2D eigenvalue weighted by Crippen LogP contribution is -2.02. The number of rotatable bonds is 1. The quantitative estimate of drug-likeness (QED) is 0.738. The number of nitrogens with zero attached hydrogens (tertiary/aromatic N) is 1. The first-order valence-electron chi connectivity index (χ1n) is 5.39. The van der Waals surface area contributed by atoms with E-state index < -0.39 is 0 Å². The Bertz CT molecular complexity index is 791. The van der Waals surface area contributed by atoms with E-state index in [1.54, 1.807) is 0 Å². The zero-order chi connectivity index (χ0) is 12.7. The number of hydrogen-bond acceptors (Lipinski definition) is 3. The minimum Gasteiger partial charge on any atom is -0.312 e. The lowest BCUT2D eigenvalue weighted by molar-refractivity contribution is 1.18. The van der Waals surface area contributed by atoms with Crippen molar-refractivity contribution in [2.75, 3.05) is 0 Å². The van der Waals surface area contributed by atoms with Gasteiger partial charge in [-0.05, 0) is 30.2 Å². The predicted molar refractivity (Wildman–Crippen MR) is 75.4 cm³/mol. The molecule has 3 rings (SSSR count). The van der Waals surface area contributed by atoms with Crippen molar-refractivity contribution in [3.05, 3.63) is 51.5 Å². The SMILES string of the molecule is Cc1ccc(-c2cc3nc[nH]c(=O)c3s2)cc1Cl. The van der Waals surface area contributed by atoms with Crippen LogP contribution in [0.1, 0.15) is 5.56 Å². The molecule has 90 valence electrons. The van der Waals surface area contributed by atoms with Gasteiger partial charge in [0.15, 0.2) is 0 Å². The highest BCUT2D eigenvalue weighted by Crippen LogP contribution is 2.32. The van der Waals surface area contributed by atoms with Gasteiger partial charge in [-0.2, -0.15) is 0 Å². The highest BCUT2D eigenvalue weighted by molar-refractivity contribution is 7.22. The van der Waals surface area contributed by atoms with E-state index in [-0.39, 0.29) is 5.56 Å². The Morgan fingerprint density at radius 2 is 2.17 bits per heavy atom. The molecule has 3 nitrogen and oxygen atoms in total. The van der Waals surface area contributed by atoms with Crippen molar-refractivity contribution in [3.8, 4) is 10.4 Å². The molecule has 0 atom stereocenters. The molecule has 18 heavy (non-hydrogen) atoms. The molecule has 0 saturated carbocycles. The van der Waals surface area contributed by atoms with E-state index in [1.807, 2.05) is 31.2 Å².